The quantitative estimate of drug-likeness (QED) is 0.658. The smallest absolute Gasteiger partial charge is 0.173 e. The molecule has 0 aliphatic carbocycles. The second-order valence-corrected chi connectivity index (χ2v) is 7.14. The molecule has 0 unspecified atom stereocenters. The van der Waals surface area contributed by atoms with E-state index in [1.54, 1.807) is 6.92 Å². The van der Waals surface area contributed by atoms with Gasteiger partial charge >= 0.3 is 0 Å². The summed E-state index contributed by atoms with van der Waals surface area (Å²) >= 11 is 5.56. The van der Waals surface area contributed by atoms with E-state index >= 15 is 0 Å². The molecule has 1 heterocycles. The number of nitrogens with one attached hydrogen (secondary N) is 1. The average Bonchev–Trinajstić information content (AvgIpc) is 2.64. The summed E-state index contributed by atoms with van der Waals surface area (Å²) in [5, 5.41) is 4.03. The molecule has 1 saturated heterocycles. The number of aryl methyl sites for hydroxylation is 1. The molecule has 0 amide bonds. The van der Waals surface area contributed by atoms with Crippen LogP contribution in [0.5, 0.6) is 0 Å². The van der Waals surface area contributed by atoms with Crippen LogP contribution >= 0.6 is 12.2 Å². The summed E-state index contributed by atoms with van der Waals surface area (Å²) in [5.74, 6) is 0.0731. The number of anilines is 1. The van der Waals surface area contributed by atoms with E-state index in [0.29, 0.717) is 5.56 Å². The lowest BCUT2D eigenvalue weighted by molar-refractivity contribution is 0.101. The minimum atomic E-state index is 0.0731. The summed E-state index contributed by atoms with van der Waals surface area (Å²) in [7, 11) is 0. The molecule has 0 aromatic heterocycles. The maximum absolute atomic E-state index is 11.3. The van der Waals surface area contributed by atoms with Gasteiger partial charge in [-0.1, -0.05) is 24.3 Å². The highest BCUT2D eigenvalue weighted by Gasteiger charge is 2.19. The van der Waals surface area contributed by atoms with Crippen LogP contribution in [0.25, 0.3) is 0 Å². The summed E-state index contributed by atoms with van der Waals surface area (Å²) in [5.41, 5.74) is 4.38. The number of piperazine rings is 1. The van der Waals surface area contributed by atoms with Crippen molar-refractivity contribution in [2.75, 3.05) is 31.5 Å². The van der Waals surface area contributed by atoms with Crippen LogP contribution in [0.4, 0.5) is 5.69 Å². The fourth-order valence-corrected chi connectivity index (χ4v) is 3.43. The number of Topliss-reactive ketones (excluding diaryl/α,β-unsaturated/α-hetero) is 1. The van der Waals surface area contributed by atoms with Crippen LogP contribution < -0.4 is 5.32 Å². The normalized spacial score (nSPS) is 14.9. The Morgan fingerprint density at radius 1 is 1.04 bits per heavy atom. The molecule has 1 fully saturated rings. The third kappa shape index (κ3) is 4.68. The number of carbonyl (C=O) groups is 1. The highest BCUT2D eigenvalue weighted by molar-refractivity contribution is 7.80. The first-order valence-electron chi connectivity index (χ1n) is 8.97. The first-order valence-corrected chi connectivity index (χ1v) is 9.37. The molecular formula is C21H25N3OS. The number of benzene rings is 2. The average molecular weight is 368 g/mol. The molecule has 3 rings (SSSR count). The molecule has 0 atom stereocenters. The van der Waals surface area contributed by atoms with Gasteiger partial charge in [-0.15, -0.1) is 0 Å². The van der Waals surface area contributed by atoms with Gasteiger partial charge in [-0.2, -0.15) is 0 Å². The van der Waals surface area contributed by atoms with Crippen LogP contribution in [-0.2, 0) is 6.54 Å². The molecule has 5 heteroatoms. The number of thiocarbonyl (C=S) groups is 1. The van der Waals surface area contributed by atoms with Crippen molar-refractivity contribution in [1.82, 2.24) is 9.80 Å². The number of ketones is 1. The molecule has 2 aromatic carbocycles. The second-order valence-electron chi connectivity index (χ2n) is 6.75. The van der Waals surface area contributed by atoms with E-state index in [-0.39, 0.29) is 5.78 Å². The van der Waals surface area contributed by atoms with Gasteiger partial charge in [0.05, 0.1) is 0 Å². The highest BCUT2D eigenvalue weighted by atomic mass is 32.1. The third-order valence-electron chi connectivity index (χ3n) is 4.86. The van der Waals surface area contributed by atoms with Crippen molar-refractivity contribution in [3.05, 3.63) is 65.2 Å². The van der Waals surface area contributed by atoms with E-state index in [1.165, 1.54) is 11.1 Å². The molecule has 4 nitrogen and oxygen atoms in total. The predicted molar refractivity (Wildman–Crippen MR) is 111 cm³/mol. The summed E-state index contributed by atoms with van der Waals surface area (Å²) in [6.07, 6.45) is 0. The lowest BCUT2D eigenvalue weighted by Gasteiger charge is -2.36. The third-order valence-corrected chi connectivity index (χ3v) is 5.22. The Balaban J connectivity index is 1.50. The van der Waals surface area contributed by atoms with E-state index in [2.05, 4.69) is 46.3 Å². The maximum Gasteiger partial charge on any atom is 0.173 e. The molecule has 136 valence electrons. The monoisotopic (exact) mass is 367 g/mol. The summed E-state index contributed by atoms with van der Waals surface area (Å²) in [6, 6.07) is 16.0. The number of hydrogen-bond donors (Lipinski definition) is 1. The summed E-state index contributed by atoms with van der Waals surface area (Å²) in [4.78, 5) is 16.0. The van der Waals surface area contributed by atoms with Gasteiger partial charge in [0.2, 0.25) is 0 Å². The first kappa shape index (κ1) is 18.5. The minimum absolute atomic E-state index is 0.0731. The Morgan fingerprint density at radius 3 is 2.31 bits per heavy atom. The van der Waals surface area contributed by atoms with Crippen molar-refractivity contribution < 1.29 is 4.79 Å². The molecule has 1 N–H and O–H groups in total. The van der Waals surface area contributed by atoms with Crippen molar-refractivity contribution in [2.45, 2.75) is 20.4 Å². The van der Waals surface area contributed by atoms with Crippen LogP contribution in [0.15, 0.2) is 48.5 Å². The Bertz CT molecular complexity index is 780. The van der Waals surface area contributed by atoms with Crippen molar-refractivity contribution >= 4 is 28.8 Å². The van der Waals surface area contributed by atoms with E-state index in [1.807, 2.05) is 24.3 Å². The lowest BCUT2D eigenvalue weighted by Crippen LogP contribution is -2.49. The molecular weight excluding hydrogens is 342 g/mol. The maximum atomic E-state index is 11.3. The predicted octanol–water partition coefficient (Wildman–Crippen LogP) is 3.71. The van der Waals surface area contributed by atoms with Gasteiger partial charge in [-0.05, 0) is 61.5 Å². The molecule has 0 spiro atoms. The SMILES string of the molecule is CC(=O)c1ccc(NC(=S)N2CCN(Cc3ccccc3C)CC2)cc1. The van der Waals surface area contributed by atoms with Gasteiger partial charge in [0.15, 0.2) is 10.9 Å². The Labute approximate surface area is 160 Å². The Kier molecular flexibility index (Phi) is 6.01. The largest absolute Gasteiger partial charge is 0.346 e. The number of nitrogens with zero attached hydrogens (tertiary/aromatic N) is 2. The molecule has 0 radical (unpaired) electrons. The zero-order valence-electron chi connectivity index (χ0n) is 15.4. The Morgan fingerprint density at radius 2 is 1.69 bits per heavy atom. The van der Waals surface area contributed by atoms with Crippen molar-refractivity contribution in [3.63, 3.8) is 0 Å². The fourth-order valence-electron chi connectivity index (χ4n) is 3.13. The fraction of sp³-hybridized carbons (Fsp3) is 0.333. The van der Waals surface area contributed by atoms with Crippen LogP contribution in [0.2, 0.25) is 0 Å². The van der Waals surface area contributed by atoms with Gasteiger partial charge in [-0.25, -0.2) is 0 Å². The van der Waals surface area contributed by atoms with Crippen molar-refractivity contribution in [2.24, 2.45) is 0 Å². The summed E-state index contributed by atoms with van der Waals surface area (Å²) < 4.78 is 0. The molecule has 2 aromatic rings. The minimum Gasteiger partial charge on any atom is -0.346 e. The molecule has 0 saturated carbocycles. The van der Waals surface area contributed by atoms with Crippen molar-refractivity contribution in [1.29, 1.82) is 0 Å². The van der Waals surface area contributed by atoms with E-state index < -0.39 is 0 Å². The van der Waals surface area contributed by atoms with Gasteiger partial charge in [0.1, 0.15) is 0 Å². The standard InChI is InChI=1S/C21H25N3OS/c1-16-5-3-4-6-19(16)15-23-11-13-24(14-12-23)21(26)22-20-9-7-18(8-10-20)17(2)25/h3-10H,11-15H2,1-2H3,(H,22,26). The molecule has 26 heavy (non-hydrogen) atoms. The van der Waals surface area contributed by atoms with Crippen LogP contribution in [0.3, 0.4) is 0 Å². The molecule has 1 aliphatic heterocycles. The van der Waals surface area contributed by atoms with Crippen LogP contribution in [-0.4, -0.2) is 46.9 Å². The van der Waals surface area contributed by atoms with Crippen LogP contribution in [0.1, 0.15) is 28.4 Å². The van der Waals surface area contributed by atoms with Crippen molar-refractivity contribution in [3.8, 4) is 0 Å². The number of hydrogen-bond acceptors (Lipinski definition) is 3. The first-order chi connectivity index (χ1) is 12.5. The van der Waals surface area contributed by atoms with Gasteiger partial charge in [0.25, 0.3) is 0 Å². The number of rotatable bonds is 4. The summed E-state index contributed by atoms with van der Waals surface area (Å²) in [6.45, 7) is 8.57. The zero-order valence-corrected chi connectivity index (χ0v) is 16.2. The number of carbonyl (C=O) groups excluding carboxylic acids is 1. The van der Waals surface area contributed by atoms with Crippen LogP contribution in [0, 0.1) is 6.92 Å². The second kappa shape index (κ2) is 8.43. The van der Waals surface area contributed by atoms with Gasteiger partial charge < -0.3 is 10.2 Å². The van der Waals surface area contributed by atoms with E-state index in [4.69, 9.17) is 12.2 Å². The molecule has 1 aliphatic rings. The Hall–Kier alpha value is -2.24. The van der Waals surface area contributed by atoms with E-state index in [9.17, 15) is 4.79 Å². The van der Waals surface area contributed by atoms with Gasteiger partial charge in [0, 0.05) is 44.0 Å². The van der Waals surface area contributed by atoms with E-state index in [0.717, 1.165) is 43.5 Å². The lowest BCUT2D eigenvalue weighted by atomic mass is 10.1. The highest BCUT2D eigenvalue weighted by Crippen LogP contribution is 2.14. The molecule has 0 bridgehead atoms. The zero-order chi connectivity index (χ0) is 18.5. The van der Waals surface area contributed by atoms with Gasteiger partial charge in [-0.3, -0.25) is 9.69 Å². The topological polar surface area (TPSA) is 35.6 Å².